The van der Waals surface area contributed by atoms with Crippen LogP contribution >= 0.6 is 11.6 Å². The molecular weight excluding hydrogens is 232 g/mol. The summed E-state index contributed by atoms with van der Waals surface area (Å²) in [7, 11) is 0. The van der Waals surface area contributed by atoms with Crippen LogP contribution in [0.1, 0.15) is 66.2 Å². The fraction of sp³-hybridized carbons (Fsp3) is 1.00. The molecule has 0 radical (unpaired) electrons. The highest BCUT2D eigenvalue weighted by Gasteiger charge is 2.71. The molecule has 17 heavy (non-hydrogen) atoms. The number of rotatable bonds is 0. The lowest BCUT2D eigenvalue weighted by Gasteiger charge is -2.62. The average Bonchev–Trinajstić information content (AvgIpc) is 2.44. The zero-order valence-corrected chi connectivity index (χ0v) is 12.4. The Kier molecular flexibility index (Phi) is 2.33. The molecule has 2 heterocycles. The lowest BCUT2D eigenvalue weighted by Crippen LogP contribution is -2.65. The maximum atomic E-state index is 6.82. The highest BCUT2D eigenvalue weighted by Crippen LogP contribution is 2.69. The monoisotopic (exact) mass is 256 g/mol. The van der Waals surface area contributed by atoms with E-state index in [0.717, 1.165) is 6.42 Å². The molecule has 98 valence electrons. The molecular formula is C15H25ClO. The Bertz CT molecular complexity index is 353. The van der Waals surface area contributed by atoms with Crippen molar-refractivity contribution in [2.75, 3.05) is 0 Å². The van der Waals surface area contributed by atoms with E-state index in [0.29, 0.717) is 0 Å². The SMILES string of the molecule is CC1(C)CCC[C@@]2(C)CC[C@@]3(C)C[C@@H](Cl)[C@@]12O3. The molecule has 3 rings (SSSR count). The third-order valence-electron chi connectivity index (χ3n) is 6.10. The summed E-state index contributed by atoms with van der Waals surface area (Å²) >= 11 is 6.82. The Morgan fingerprint density at radius 2 is 1.71 bits per heavy atom. The van der Waals surface area contributed by atoms with Crippen molar-refractivity contribution >= 4 is 11.6 Å². The van der Waals surface area contributed by atoms with E-state index in [-0.39, 0.29) is 27.4 Å². The zero-order valence-electron chi connectivity index (χ0n) is 11.6. The van der Waals surface area contributed by atoms with Gasteiger partial charge >= 0.3 is 0 Å². The second kappa shape index (κ2) is 3.22. The van der Waals surface area contributed by atoms with Crippen LogP contribution in [0.4, 0.5) is 0 Å². The summed E-state index contributed by atoms with van der Waals surface area (Å²) in [6.07, 6.45) is 7.38. The van der Waals surface area contributed by atoms with Gasteiger partial charge in [-0.05, 0) is 49.9 Å². The van der Waals surface area contributed by atoms with Crippen LogP contribution in [-0.4, -0.2) is 16.6 Å². The minimum atomic E-state index is -0.0905. The van der Waals surface area contributed by atoms with Gasteiger partial charge in [-0.3, -0.25) is 0 Å². The smallest absolute Gasteiger partial charge is 0.0957 e. The lowest BCUT2D eigenvalue weighted by atomic mass is 9.51. The average molecular weight is 257 g/mol. The molecule has 2 saturated heterocycles. The lowest BCUT2D eigenvalue weighted by molar-refractivity contribution is -0.261. The van der Waals surface area contributed by atoms with E-state index in [2.05, 4.69) is 27.7 Å². The van der Waals surface area contributed by atoms with Gasteiger partial charge in [0.05, 0.1) is 16.6 Å². The fourth-order valence-corrected chi connectivity index (χ4v) is 6.12. The van der Waals surface area contributed by atoms with Gasteiger partial charge in [0.1, 0.15) is 0 Å². The van der Waals surface area contributed by atoms with Crippen LogP contribution in [0.2, 0.25) is 0 Å². The molecule has 0 aromatic heterocycles. The Hall–Kier alpha value is 0.250. The van der Waals surface area contributed by atoms with Crippen LogP contribution in [-0.2, 0) is 4.74 Å². The predicted molar refractivity (Wildman–Crippen MR) is 71.5 cm³/mol. The largest absolute Gasteiger partial charge is 0.366 e. The zero-order chi connectivity index (χ0) is 12.5. The highest BCUT2D eigenvalue weighted by molar-refractivity contribution is 6.21. The van der Waals surface area contributed by atoms with E-state index in [1.54, 1.807) is 0 Å². The molecule has 0 aromatic rings. The van der Waals surface area contributed by atoms with Gasteiger partial charge in [-0.2, -0.15) is 0 Å². The van der Waals surface area contributed by atoms with Crippen molar-refractivity contribution in [3.63, 3.8) is 0 Å². The van der Waals surface area contributed by atoms with Crippen molar-refractivity contribution in [3.8, 4) is 0 Å². The number of halogens is 1. The maximum Gasteiger partial charge on any atom is 0.0957 e. The molecule has 3 aliphatic rings. The van der Waals surface area contributed by atoms with Gasteiger partial charge in [0.2, 0.25) is 0 Å². The number of hydrogen-bond donors (Lipinski definition) is 0. The van der Waals surface area contributed by atoms with Gasteiger partial charge in [-0.25, -0.2) is 0 Å². The van der Waals surface area contributed by atoms with Crippen molar-refractivity contribution in [3.05, 3.63) is 0 Å². The van der Waals surface area contributed by atoms with Crippen molar-refractivity contribution < 1.29 is 4.74 Å². The summed E-state index contributed by atoms with van der Waals surface area (Å²) in [5, 5.41) is 0.190. The predicted octanol–water partition coefficient (Wildman–Crippen LogP) is 4.52. The number of fused-ring (bicyclic) bond motifs is 1. The Balaban J connectivity index is 2.14. The summed E-state index contributed by atoms with van der Waals surface area (Å²) in [6.45, 7) is 9.43. The van der Waals surface area contributed by atoms with E-state index in [4.69, 9.17) is 16.3 Å². The number of hydrogen-bond acceptors (Lipinski definition) is 1. The summed E-state index contributed by atoms with van der Waals surface area (Å²) in [6, 6.07) is 0. The van der Waals surface area contributed by atoms with E-state index >= 15 is 0 Å². The third kappa shape index (κ3) is 1.31. The van der Waals surface area contributed by atoms with Gasteiger partial charge in [-0.1, -0.05) is 27.2 Å². The molecule has 2 aliphatic heterocycles. The number of ether oxygens (including phenoxy) is 1. The maximum absolute atomic E-state index is 6.82. The minimum absolute atomic E-state index is 0.0422. The van der Waals surface area contributed by atoms with Crippen LogP contribution < -0.4 is 0 Å². The van der Waals surface area contributed by atoms with Gasteiger partial charge < -0.3 is 4.74 Å². The molecule has 3 fully saturated rings. The van der Waals surface area contributed by atoms with Gasteiger partial charge in [0.25, 0.3) is 0 Å². The van der Waals surface area contributed by atoms with Crippen molar-refractivity contribution in [2.24, 2.45) is 10.8 Å². The Labute approximate surface area is 110 Å². The van der Waals surface area contributed by atoms with Crippen LogP contribution in [0, 0.1) is 10.8 Å². The molecule has 1 spiro atoms. The molecule has 4 atom stereocenters. The van der Waals surface area contributed by atoms with Crippen molar-refractivity contribution in [2.45, 2.75) is 82.8 Å². The molecule has 1 nitrogen and oxygen atoms in total. The molecule has 0 aromatic carbocycles. The van der Waals surface area contributed by atoms with Crippen LogP contribution in [0.5, 0.6) is 0 Å². The standard InChI is InChI=1S/C15H25ClO/c1-12(2)6-5-7-13(3)8-9-14(4)10-11(16)15(12,13)17-14/h11H,5-10H2,1-4H3/t11-,13+,14+,15-/m1/s1. The van der Waals surface area contributed by atoms with E-state index < -0.39 is 0 Å². The summed E-state index contributed by atoms with van der Waals surface area (Å²) in [5.41, 5.74) is 0.453. The quantitative estimate of drug-likeness (QED) is 0.579. The van der Waals surface area contributed by atoms with Crippen LogP contribution in [0.25, 0.3) is 0 Å². The van der Waals surface area contributed by atoms with E-state index in [1.165, 1.54) is 32.1 Å². The minimum Gasteiger partial charge on any atom is -0.366 e. The van der Waals surface area contributed by atoms with Crippen molar-refractivity contribution in [1.29, 1.82) is 0 Å². The Morgan fingerprint density at radius 3 is 2.41 bits per heavy atom. The molecule has 1 saturated carbocycles. The molecule has 2 bridgehead atoms. The summed E-state index contributed by atoms with van der Waals surface area (Å²) < 4.78 is 6.67. The van der Waals surface area contributed by atoms with Crippen LogP contribution in [0.15, 0.2) is 0 Å². The molecule has 2 heteroatoms. The molecule has 0 unspecified atom stereocenters. The van der Waals surface area contributed by atoms with E-state index in [1.807, 2.05) is 0 Å². The summed E-state index contributed by atoms with van der Waals surface area (Å²) in [4.78, 5) is 0. The first-order valence-corrected chi connectivity index (χ1v) is 7.53. The summed E-state index contributed by atoms with van der Waals surface area (Å²) in [5.74, 6) is 0. The van der Waals surface area contributed by atoms with Gasteiger partial charge in [0, 0.05) is 0 Å². The second-order valence-electron chi connectivity index (χ2n) is 7.76. The molecule has 0 amide bonds. The third-order valence-corrected chi connectivity index (χ3v) is 6.56. The topological polar surface area (TPSA) is 9.23 Å². The van der Waals surface area contributed by atoms with Gasteiger partial charge in [0.15, 0.2) is 0 Å². The molecule has 0 N–H and O–H groups in total. The Morgan fingerprint density at radius 1 is 1.00 bits per heavy atom. The normalized spacial score (nSPS) is 56.6. The van der Waals surface area contributed by atoms with E-state index in [9.17, 15) is 0 Å². The first kappa shape index (κ1) is 12.3. The fourth-order valence-electron chi connectivity index (χ4n) is 5.19. The van der Waals surface area contributed by atoms with Gasteiger partial charge in [-0.15, -0.1) is 11.6 Å². The first-order valence-electron chi connectivity index (χ1n) is 7.09. The first-order chi connectivity index (χ1) is 7.75. The second-order valence-corrected chi connectivity index (χ2v) is 8.28. The highest BCUT2D eigenvalue weighted by atomic mass is 35.5. The number of alkyl halides is 1. The molecule has 1 aliphatic carbocycles. The van der Waals surface area contributed by atoms with Crippen molar-refractivity contribution in [1.82, 2.24) is 0 Å². The van der Waals surface area contributed by atoms with Crippen LogP contribution in [0.3, 0.4) is 0 Å².